The third kappa shape index (κ3) is 5.31. The molecule has 1 unspecified atom stereocenters. The zero-order valence-corrected chi connectivity index (χ0v) is 17.8. The molecule has 0 aliphatic heterocycles. The third-order valence-electron chi connectivity index (χ3n) is 4.41. The van der Waals surface area contributed by atoms with Crippen LogP contribution in [-0.4, -0.2) is 23.0 Å². The molecule has 0 aliphatic rings. The second-order valence-electron chi connectivity index (χ2n) is 8.24. The van der Waals surface area contributed by atoms with Crippen molar-refractivity contribution >= 4 is 17.4 Å². The highest BCUT2D eigenvalue weighted by Crippen LogP contribution is 2.26. The largest absolute Gasteiger partial charge is 0.329 e. The first-order valence-corrected chi connectivity index (χ1v) is 10.0. The van der Waals surface area contributed by atoms with Gasteiger partial charge in [0.2, 0.25) is 0 Å². The van der Waals surface area contributed by atoms with Gasteiger partial charge < -0.3 is 10.2 Å². The van der Waals surface area contributed by atoms with Crippen molar-refractivity contribution in [3.05, 3.63) is 51.5 Å². The standard InChI is InChI=1S/C21H31N3OS/c1-14(2)17-10-8-16(9-11-17)12-24(7)20(25)22-15(3)19-23-18(13-26-19)21(4,5)6/h8-11,13-15H,12H2,1-7H3,(H,22,25). The quantitative estimate of drug-likeness (QED) is 0.755. The first-order chi connectivity index (χ1) is 12.1. The van der Waals surface area contributed by atoms with E-state index >= 15 is 0 Å². The van der Waals surface area contributed by atoms with E-state index in [1.54, 1.807) is 16.2 Å². The van der Waals surface area contributed by atoms with Gasteiger partial charge in [-0.2, -0.15) is 0 Å². The molecule has 1 N–H and O–H groups in total. The van der Waals surface area contributed by atoms with Crippen molar-refractivity contribution in [2.75, 3.05) is 7.05 Å². The number of benzene rings is 1. The van der Waals surface area contributed by atoms with Crippen molar-refractivity contribution in [2.45, 2.75) is 65.5 Å². The molecule has 4 nitrogen and oxygen atoms in total. The molecule has 0 radical (unpaired) electrons. The van der Waals surface area contributed by atoms with Crippen molar-refractivity contribution in [3.8, 4) is 0 Å². The number of hydrogen-bond acceptors (Lipinski definition) is 3. The fourth-order valence-electron chi connectivity index (χ4n) is 2.54. The number of thiazole rings is 1. The lowest BCUT2D eigenvalue weighted by atomic mass is 9.93. The van der Waals surface area contributed by atoms with Gasteiger partial charge >= 0.3 is 6.03 Å². The number of urea groups is 1. The van der Waals surface area contributed by atoms with Crippen LogP contribution in [0.2, 0.25) is 0 Å². The monoisotopic (exact) mass is 373 g/mol. The van der Waals surface area contributed by atoms with Crippen LogP contribution >= 0.6 is 11.3 Å². The molecule has 1 atom stereocenters. The van der Waals surface area contributed by atoms with E-state index in [1.807, 2.05) is 14.0 Å². The molecule has 1 aromatic carbocycles. The van der Waals surface area contributed by atoms with Gasteiger partial charge in [-0.05, 0) is 24.0 Å². The molecule has 2 amide bonds. The maximum Gasteiger partial charge on any atom is 0.317 e. The first kappa shape index (κ1) is 20.4. The number of carbonyl (C=O) groups is 1. The van der Waals surface area contributed by atoms with Gasteiger partial charge in [-0.3, -0.25) is 0 Å². The van der Waals surface area contributed by atoms with Gasteiger partial charge in [0.15, 0.2) is 0 Å². The average molecular weight is 374 g/mol. The van der Waals surface area contributed by atoms with E-state index in [-0.39, 0.29) is 17.5 Å². The maximum atomic E-state index is 12.5. The van der Waals surface area contributed by atoms with Crippen molar-refractivity contribution in [2.24, 2.45) is 0 Å². The molecule has 2 rings (SSSR count). The SMILES string of the molecule is CC(C)c1ccc(CN(C)C(=O)NC(C)c2nc(C(C)(C)C)cs2)cc1. The van der Waals surface area contributed by atoms with E-state index in [0.717, 1.165) is 16.3 Å². The molecule has 0 saturated carbocycles. The molecule has 1 aromatic heterocycles. The molecular formula is C21H31N3OS. The van der Waals surface area contributed by atoms with E-state index in [4.69, 9.17) is 0 Å². The summed E-state index contributed by atoms with van der Waals surface area (Å²) in [6.45, 7) is 13.4. The van der Waals surface area contributed by atoms with Crippen LogP contribution in [0.25, 0.3) is 0 Å². The summed E-state index contributed by atoms with van der Waals surface area (Å²) >= 11 is 1.60. The van der Waals surface area contributed by atoms with Gasteiger partial charge in [-0.25, -0.2) is 9.78 Å². The van der Waals surface area contributed by atoms with Crippen LogP contribution in [0.1, 0.15) is 75.3 Å². The molecule has 0 saturated heterocycles. The summed E-state index contributed by atoms with van der Waals surface area (Å²) in [5, 5.41) is 6.07. The topological polar surface area (TPSA) is 45.2 Å². The molecule has 26 heavy (non-hydrogen) atoms. The minimum Gasteiger partial charge on any atom is -0.329 e. The van der Waals surface area contributed by atoms with Crippen LogP contribution in [-0.2, 0) is 12.0 Å². The summed E-state index contributed by atoms with van der Waals surface area (Å²) in [6.07, 6.45) is 0. The molecule has 5 heteroatoms. The number of nitrogens with zero attached hydrogens (tertiary/aromatic N) is 2. The lowest BCUT2D eigenvalue weighted by Crippen LogP contribution is -2.38. The van der Waals surface area contributed by atoms with Crippen molar-refractivity contribution < 1.29 is 4.79 Å². The van der Waals surface area contributed by atoms with E-state index < -0.39 is 0 Å². The zero-order valence-electron chi connectivity index (χ0n) is 17.0. The predicted octanol–water partition coefficient (Wildman–Crippen LogP) is 5.47. The lowest BCUT2D eigenvalue weighted by Gasteiger charge is -2.21. The Balaban J connectivity index is 1.94. The Morgan fingerprint density at radius 2 is 1.81 bits per heavy atom. The van der Waals surface area contributed by atoms with Crippen LogP contribution in [0.5, 0.6) is 0 Å². The van der Waals surface area contributed by atoms with Gasteiger partial charge in [-0.15, -0.1) is 11.3 Å². The predicted molar refractivity (Wildman–Crippen MR) is 110 cm³/mol. The van der Waals surface area contributed by atoms with Gasteiger partial charge in [-0.1, -0.05) is 58.9 Å². The minimum atomic E-state index is -0.102. The number of carbonyl (C=O) groups excluding carboxylic acids is 1. The Morgan fingerprint density at radius 3 is 2.31 bits per heavy atom. The molecule has 0 bridgehead atoms. The fraction of sp³-hybridized carbons (Fsp3) is 0.524. The van der Waals surface area contributed by atoms with Crippen LogP contribution in [0.4, 0.5) is 4.79 Å². The smallest absolute Gasteiger partial charge is 0.317 e. The Morgan fingerprint density at radius 1 is 1.19 bits per heavy atom. The number of aromatic nitrogens is 1. The molecule has 2 aromatic rings. The molecule has 1 heterocycles. The minimum absolute atomic E-state index is 0.0252. The van der Waals surface area contributed by atoms with Crippen molar-refractivity contribution in [1.82, 2.24) is 15.2 Å². The van der Waals surface area contributed by atoms with Crippen molar-refractivity contribution in [3.63, 3.8) is 0 Å². The van der Waals surface area contributed by atoms with E-state index in [9.17, 15) is 4.79 Å². The van der Waals surface area contributed by atoms with Crippen LogP contribution in [0, 0.1) is 0 Å². The second-order valence-corrected chi connectivity index (χ2v) is 9.13. The average Bonchev–Trinajstić information content (AvgIpc) is 3.05. The first-order valence-electron chi connectivity index (χ1n) is 9.14. The molecule has 0 fully saturated rings. The molecule has 142 valence electrons. The Bertz CT molecular complexity index is 728. The normalized spacial score (nSPS) is 12.9. The van der Waals surface area contributed by atoms with Gasteiger partial charge in [0.25, 0.3) is 0 Å². The Hall–Kier alpha value is -1.88. The van der Waals surface area contributed by atoms with Crippen LogP contribution in [0.3, 0.4) is 0 Å². The third-order valence-corrected chi connectivity index (χ3v) is 5.44. The van der Waals surface area contributed by atoms with Crippen LogP contribution < -0.4 is 5.32 Å². The highest BCUT2D eigenvalue weighted by atomic mass is 32.1. The summed E-state index contributed by atoms with van der Waals surface area (Å²) in [7, 11) is 1.82. The number of amides is 2. The maximum absolute atomic E-state index is 12.5. The summed E-state index contributed by atoms with van der Waals surface area (Å²) in [5.41, 5.74) is 3.53. The molecule has 0 spiro atoms. The summed E-state index contributed by atoms with van der Waals surface area (Å²) < 4.78 is 0. The Labute approximate surface area is 161 Å². The van der Waals surface area contributed by atoms with E-state index in [0.29, 0.717) is 12.5 Å². The van der Waals surface area contributed by atoms with E-state index in [2.05, 4.69) is 74.6 Å². The van der Waals surface area contributed by atoms with Crippen molar-refractivity contribution in [1.29, 1.82) is 0 Å². The lowest BCUT2D eigenvalue weighted by molar-refractivity contribution is 0.203. The van der Waals surface area contributed by atoms with E-state index in [1.165, 1.54) is 5.56 Å². The summed E-state index contributed by atoms with van der Waals surface area (Å²) in [4.78, 5) is 18.9. The van der Waals surface area contributed by atoms with Crippen LogP contribution in [0.15, 0.2) is 29.6 Å². The number of rotatable bonds is 5. The Kier molecular flexibility index (Phi) is 6.45. The molecular weight excluding hydrogens is 342 g/mol. The zero-order chi connectivity index (χ0) is 19.5. The summed E-state index contributed by atoms with van der Waals surface area (Å²) in [6, 6.07) is 8.28. The number of hydrogen-bond donors (Lipinski definition) is 1. The van der Waals surface area contributed by atoms with Gasteiger partial charge in [0, 0.05) is 24.4 Å². The highest BCUT2D eigenvalue weighted by Gasteiger charge is 2.21. The van der Waals surface area contributed by atoms with Gasteiger partial charge in [0.1, 0.15) is 5.01 Å². The number of nitrogens with one attached hydrogen (secondary N) is 1. The van der Waals surface area contributed by atoms with Gasteiger partial charge in [0.05, 0.1) is 11.7 Å². The second kappa shape index (κ2) is 8.21. The molecule has 0 aliphatic carbocycles. The fourth-order valence-corrected chi connectivity index (χ4v) is 3.59. The highest BCUT2D eigenvalue weighted by molar-refractivity contribution is 7.09. The summed E-state index contributed by atoms with van der Waals surface area (Å²) in [5.74, 6) is 0.516.